The SMILES string of the molecule is CCC1(CN(C)Cc2cccc(C)c2)CCNCC1. The third kappa shape index (κ3) is 4.05. The van der Waals surface area contributed by atoms with Crippen molar-refractivity contribution in [3.8, 4) is 0 Å². The molecule has 19 heavy (non-hydrogen) atoms. The van der Waals surface area contributed by atoms with Crippen molar-refractivity contribution >= 4 is 0 Å². The first-order valence-electron chi connectivity index (χ1n) is 7.58. The average Bonchev–Trinajstić information content (AvgIpc) is 2.39. The lowest BCUT2D eigenvalue weighted by atomic mass is 9.76. The van der Waals surface area contributed by atoms with Crippen molar-refractivity contribution in [1.82, 2.24) is 10.2 Å². The van der Waals surface area contributed by atoms with Crippen LogP contribution in [0.2, 0.25) is 0 Å². The van der Waals surface area contributed by atoms with Crippen LogP contribution in [0.4, 0.5) is 0 Å². The van der Waals surface area contributed by atoms with E-state index in [0.717, 1.165) is 6.54 Å². The lowest BCUT2D eigenvalue weighted by molar-refractivity contribution is 0.119. The number of hydrogen-bond donors (Lipinski definition) is 1. The van der Waals surface area contributed by atoms with Gasteiger partial charge < -0.3 is 10.2 Å². The van der Waals surface area contributed by atoms with E-state index in [1.54, 1.807) is 0 Å². The molecule has 106 valence electrons. The van der Waals surface area contributed by atoms with Gasteiger partial charge in [-0.2, -0.15) is 0 Å². The van der Waals surface area contributed by atoms with Gasteiger partial charge >= 0.3 is 0 Å². The second-order valence-corrected chi connectivity index (χ2v) is 6.26. The molecule has 0 spiro atoms. The van der Waals surface area contributed by atoms with Crippen LogP contribution in [-0.2, 0) is 6.54 Å². The largest absolute Gasteiger partial charge is 0.317 e. The zero-order chi connectivity index (χ0) is 13.7. The molecule has 2 nitrogen and oxygen atoms in total. The van der Waals surface area contributed by atoms with Crippen molar-refractivity contribution in [3.63, 3.8) is 0 Å². The lowest BCUT2D eigenvalue weighted by Gasteiger charge is -2.40. The Labute approximate surface area is 118 Å². The van der Waals surface area contributed by atoms with Gasteiger partial charge in [0, 0.05) is 13.1 Å². The summed E-state index contributed by atoms with van der Waals surface area (Å²) in [6.07, 6.45) is 3.94. The minimum Gasteiger partial charge on any atom is -0.317 e. The molecule has 0 bridgehead atoms. The van der Waals surface area contributed by atoms with Gasteiger partial charge in [0.25, 0.3) is 0 Å². The van der Waals surface area contributed by atoms with Gasteiger partial charge in [-0.1, -0.05) is 36.8 Å². The molecule has 0 aliphatic carbocycles. The van der Waals surface area contributed by atoms with Crippen LogP contribution >= 0.6 is 0 Å². The first-order chi connectivity index (χ1) is 9.13. The molecular weight excluding hydrogens is 232 g/mol. The van der Waals surface area contributed by atoms with Crippen LogP contribution in [0.1, 0.15) is 37.3 Å². The van der Waals surface area contributed by atoms with Crippen molar-refractivity contribution in [2.75, 3.05) is 26.7 Å². The third-order valence-electron chi connectivity index (χ3n) is 4.55. The fourth-order valence-corrected chi connectivity index (χ4v) is 3.33. The van der Waals surface area contributed by atoms with Crippen LogP contribution < -0.4 is 5.32 Å². The van der Waals surface area contributed by atoms with Gasteiger partial charge in [-0.15, -0.1) is 0 Å². The highest BCUT2D eigenvalue weighted by atomic mass is 15.1. The Morgan fingerprint density at radius 2 is 2.00 bits per heavy atom. The standard InChI is InChI=1S/C17H28N2/c1-4-17(8-10-18-11-9-17)14-19(3)13-16-7-5-6-15(2)12-16/h5-7,12,18H,4,8-11,13-14H2,1-3H3. The van der Waals surface area contributed by atoms with Crippen LogP contribution in [0.15, 0.2) is 24.3 Å². The molecule has 1 fully saturated rings. The Hall–Kier alpha value is -0.860. The van der Waals surface area contributed by atoms with Crippen molar-refractivity contribution in [2.24, 2.45) is 5.41 Å². The zero-order valence-corrected chi connectivity index (χ0v) is 12.7. The molecule has 1 aromatic carbocycles. The summed E-state index contributed by atoms with van der Waals surface area (Å²) in [5.74, 6) is 0. The highest BCUT2D eigenvalue weighted by molar-refractivity contribution is 5.22. The number of benzene rings is 1. The van der Waals surface area contributed by atoms with E-state index in [-0.39, 0.29) is 0 Å². The highest BCUT2D eigenvalue weighted by Crippen LogP contribution is 2.33. The molecular formula is C17H28N2. The molecule has 1 aliphatic rings. The summed E-state index contributed by atoms with van der Waals surface area (Å²) in [7, 11) is 2.27. The van der Waals surface area contributed by atoms with Gasteiger partial charge in [0.05, 0.1) is 0 Å². The van der Waals surface area contributed by atoms with Crippen LogP contribution in [0, 0.1) is 12.3 Å². The lowest BCUT2D eigenvalue weighted by Crippen LogP contribution is -2.43. The Kier molecular flexibility index (Phi) is 5.00. The number of piperidine rings is 1. The van der Waals surface area contributed by atoms with Gasteiger partial charge in [-0.05, 0) is 57.3 Å². The minimum atomic E-state index is 0.532. The first kappa shape index (κ1) is 14.5. The van der Waals surface area contributed by atoms with Crippen molar-refractivity contribution in [3.05, 3.63) is 35.4 Å². The van der Waals surface area contributed by atoms with Crippen LogP contribution in [0.5, 0.6) is 0 Å². The molecule has 1 N–H and O–H groups in total. The van der Waals surface area contributed by atoms with E-state index in [2.05, 4.69) is 55.4 Å². The van der Waals surface area contributed by atoms with Crippen molar-refractivity contribution in [2.45, 2.75) is 39.7 Å². The summed E-state index contributed by atoms with van der Waals surface area (Å²) in [6.45, 7) is 9.18. The molecule has 1 heterocycles. The molecule has 0 amide bonds. The summed E-state index contributed by atoms with van der Waals surface area (Å²) >= 11 is 0. The average molecular weight is 260 g/mol. The smallest absolute Gasteiger partial charge is 0.0231 e. The van der Waals surface area contributed by atoms with Gasteiger partial charge in [0.1, 0.15) is 0 Å². The number of aryl methyl sites for hydroxylation is 1. The Bertz CT molecular complexity index is 394. The van der Waals surface area contributed by atoms with E-state index in [1.807, 2.05) is 0 Å². The molecule has 1 aliphatic heterocycles. The van der Waals surface area contributed by atoms with Gasteiger partial charge in [-0.3, -0.25) is 0 Å². The fourth-order valence-electron chi connectivity index (χ4n) is 3.33. The Morgan fingerprint density at radius 3 is 2.63 bits per heavy atom. The van der Waals surface area contributed by atoms with E-state index in [0.29, 0.717) is 5.41 Å². The molecule has 1 saturated heterocycles. The number of rotatable bonds is 5. The molecule has 0 radical (unpaired) electrons. The van der Waals surface area contributed by atoms with Crippen molar-refractivity contribution < 1.29 is 0 Å². The summed E-state index contributed by atoms with van der Waals surface area (Å²) in [5, 5.41) is 3.49. The van der Waals surface area contributed by atoms with E-state index >= 15 is 0 Å². The third-order valence-corrected chi connectivity index (χ3v) is 4.55. The molecule has 1 aromatic rings. The maximum absolute atomic E-state index is 3.49. The molecule has 0 unspecified atom stereocenters. The van der Waals surface area contributed by atoms with Crippen LogP contribution in [-0.4, -0.2) is 31.6 Å². The molecule has 0 aromatic heterocycles. The van der Waals surface area contributed by atoms with Crippen molar-refractivity contribution in [1.29, 1.82) is 0 Å². The topological polar surface area (TPSA) is 15.3 Å². The predicted octanol–water partition coefficient (Wildman–Crippen LogP) is 3.21. The molecule has 2 heteroatoms. The summed E-state index contributed by atoms with van der Waals surface area (Å²) in [5.41, 5.74) is 3.32. The molecule has 0 saturated carbocycles. The molecule has 2 rings (SSSR count). The number of hydrogen-bond acceptors (Lipinski definition) is 2. The normalized spacial score (nSPS) is 18.7. The maximum atomic E-state index is 3.49. The number of nitrogens with one attached hydrogen (secondary N) is 1. The quantitative estimate of drug-likeness (QED) is 0.874. The Morgan fingerprint density at radius 1 is 1.26 bits per heavy atom. The zero-order valence-electron chi connectivity index (χ0n) is 12.7. The predicted molar refractivity (Wildman–Crippen MR) is 82.3 cm³/mol. The second-order valence-electron chi connectivity index (χ2n) is 6.26. The summed E-state index contributed by atoms with van der Waals surface area (Å²) in [4.78, 5) is 2.50. The Balaban J connectivity index is 1.94. The van der Waals surface area contributed by atoms with Gasteiger partial charge in [0.2, 0.25) is 0 Å². The fraction of sp³-hybridized carbons (Fsp3) is 0.647. The summed E-state index contributed by atoms with van der Waals surface area (Å²) < 4.78 is 0. The van der Waals surface area contributed by atoms with Crippen LogP contribution in [0.3, 0.4) is 0 Å². The minimum absolute atomic E-state index is 0.532. The van der Waals surface area contributed by atoms with E-state index in [1.165, 1.54) is 50.0 Å². The second kappa shape index (κ2) is 6.53. The number of nitrogens with zero attached hydrogens (tertiary/aromatic N) is 1. The van der Waals surface area contributed by atoms with Gasteiger partial charge in [-0.25, -0.2) is 0 Å². The summed E-state index contributed by atoms with van der Waals surface area (Å²) in [6, 6.07) is 8.88. The van der Waals surface area contributed by atoms with Crippen LogP contribution in [0.25, 0.3) is 0 Å². The monoisotopic (exact) mass is 260 g/mol. The van der Waals surface area contributed by atoms with E-state index in [4.69, 9.17) is 0 Å². The van der Waals surface area contributed by atoms with Gasteiger partial charge in [0.15, 0.2) is 0 Å². The highest BCUT2D eigenvalue weighted by Gasteiger charge is 2.31. The maximum Gasteiger partial charge on any atom is 0.0231 e. The van der Waals surface area contributed by atoms with E-state index < -0.39 is 0 Å². The van der Waals surface area contributed by atoms with E-state index in [9.17, 15) is 0 Å². The molecule has 0 atom stereocenters. The first-order valence-corrected chi connectivity index (χ1v) is 7.58.